The first-order valence-corrected chi connectivity index (χ1v) is 10.0. The molecule has 2 heterocycles. The molecule has 1 aliphatic heterocycles. The first-order valence-electron chi connectivity index (χ1n) is 7.51. The Morgan fingerprint density at radius 3 is 2.82 bits per heavy atom. The van der Waals surface area contributed by atoms with Crippen LogP contribution in [0.3, 0.4) is 0 Å². The zero-order chi connectivity index (χ0) is 16.4. The number of thiophene rings is 1. The third-order valence-electron chi connectivity index (χ3n) is 4.20. The van der Waals surface area contributed by atoms with Gasteiger partial charge in [0, 0.05) is 30.4 Å². The maximum absolute atomic E-state index is 12.3. The summed E-state index contributed by atoms with van der Waals surface area (Å²) in [5.41, 5.74) is 0. The van der Waals surface area contributed by atoms with Crippen LogP contribution in [0.25, 0.3) is 0 Å². The zero-order valence-corrected chi connectivity index (χ0v) is 15.0. The zero-order valence-electron chi connectivity index (χ0n) is 13.3. The summed E-state index contributed by atoms with van der Waals surface area (Å²) in [5.74, 6) is 0.0344. The summed E-state index contributed by atoms with van der Waals surface area (Å²) in [6.07, 6.45) is 1.27. The van der Waals surface area contributed by atoms with E-state index in [2.05, 4.69) is 5.32 Å². The van der Waals surface area contributed by atoms with Gasteiger partial charge in [-0.15, -0.1) is 11.3 Å². The highest BCUT2D eigenvalue weighted by Gasteiger charge is 2.38. The van der Waals surface area contributed by atoms with E-state index in [1.54, 1.807) is 30.1 Å². The first kappa shape index (κ1) is 17.3. The highest BCUT2D eigenvalue weighted by atomic mass is 32.2. The van der Waals surface area contributed by atoms with Crippen molar-refractivity contribution in [2.75, 3.05) is 18.8 Å². The van der Waals surface area contributed by atoms with E-state index < -0.39 is 14.6 Å². The van der Waals surface area contributed by atoms with Gasteiger partial charge in [-0.2, -0.15) is 0 Å². The van der Waals surface area contributed by atoms with Crippen LogP contribution in [0.4, 0.5) is 4.79 Å². The molecule has 2 rings (SSSR count). The van der Waals surface area contributed by atoms with Crippen molar-refractivity contribution in [1.82, 2.24) is 10.2 Å². The SMILES string of the molecule is C[C@H](Cc1cccs1)NC(=O)N1CCC(C)(C)S(=O)(=O)CC1. The number of carbonyl (C=O) groups is 1. The Morgan fingerprint density at radius 2 is 2.18 bits per heavy atom. The molecule has 2 amide bonds. The van der Waals surface area contributed by atoms with Crippen LogP contribution in [-0.4, -0.2) is 49.0 Å². The fourth-order valence-electron chi connectivity index (χ4n) is 2.46. The molecule has 1 aliphatic rings. The van der Waals surface area contributed by atoms with Crippen LogP contribution in [0.1, 0.15) is 32.1 Å². The monoisotopic (exact) mass is 344 g/mol. The third-order valence-corrected chi connectivity index (χ3v) is 7.71. The van der Waals surface area contributed by atoms with E-state index in [1.807, 2.05) is 24.4 Å². The normalized spacial score (nSPS) is 21.9. The topological polar surface area (TPSA) is 66.5 Å². The van der Waals surface area contributed by atoms with E-state index in [-0.39, 0.29) is 24.4 Å². The lowest BCUT2D eigenvalue weighted by Gasteiger charge is -2.24. The van der Waals surface area contributed by atoms with Crippen LogP contribution in [0.2, 0.25) is 0 Å². The predicted octanol–water partition coefficient (Wildman–Crippen LogP) is 2.29. The molecule has 7 heteroatoms. The molecule has 5 nitrogen and oxygen atoms in total. The van der Waals surface area contributed by atoms with E-state index in [0.717, 1.165) is 6.42 Å². The second-order valence-corrected chi connectivity index (χ2v) is 10.2. The predicted molar refractivity (Wildman–Crippen MR) is 90.1 cm³/mol. The van der Waals surface area contributed by atoms with Crippen LogP contribution in [0.15, 0.2) is 17.5 Å². The average Bonchev–Trinajstić information content (AvgIpc) is 2.86. The number of hydrogen-bond acceptors (Lipinski definition) is 4. The van der Waals surface area contributed by atoms with Crippen molar-refractivity contribution in [2.24, 2.45) is 0 Å². The molecule has 0 aliphatic carbocycles. The molecule has 0 radical (unpaired) electrons. The molecule has 1 N–H and O–H groups in total. The molecular weight excluding hydrogens is 320 g/mol. The number of urea groups is 1. The maximum Gasteiger partial charge on any atom is 0.317 e. The molecule has 124 valence electrons. The molecule has 1 aromatic heterocycles. The summed E-state index contributed by atoms with van der Waals surface area (Å²) < 4.78 is 23.6. The molecule has 1 aromatic rings. The van der Waals surface area contributed by atoms with E-state index in [4.69, 9.17) is 0 Å². The van der Waals surface area contributed by atoms with Crippen molar-refractivity contribution < 1.29 is 13.2 Å². The van der Waals surface area contributed by atoms with E-state index >= 15 is 0 Å². The Kier molecular flexibility index (Phi) is 5.17. The second kappa shape index (κ2) is 6.58. The smallest absolute Gasteiger partial charge is 0.317 e. The van der Waals surface area contributed by atoms with Gasteiger partial charge in [0.1, 0.15) is 0 Å². The lowest BCUT2D eigenvalue weighted by molar-refractivity contribution is 0.197. The fourth-order valence-corrected chi connectivity index (χ4v) is 4.72. The molecule has 1 atom stereocenters. The van der Waals surface area contributed by atoms with Crippen LogP contribution in [0.5, 0.6) is 0 Å². The van der Waals surface area contributed by atoms with Gasteiger partial charge in [-0.1, -0.05) is 6.07 Å². The minimum atomic E-state index is -3.15. The molecule has 0 bridgehead atoms. The van der Waals surface area contributed by atoms with E-state index in [9.17, 15) is 13.2 Å². The van der Waals surface area contributed by atoms with Gasteiger partial charge in [-0.25, -0.2) is 13.2 Å². The van der Waals surface area contributed by atoms with Gasteiger partial charge in [0.25, 0.3) is 0 Å². The molecular formula is C15H24N2O3S2. The summed E-state index contributed by atoms with van der Waals surface area (Å²) in [6, 6.07) is 3.90. The summed E-state index contributed by atoms with van der Waals surface area (Å²) in [7, 11) is -3.15. The summed E-state index contributed by atoms with van der Waals surface area (Å²) in [4.78, 5) is 15.2. The van der Waals surface area contributed by atoms with Crippen molar-refractivity contribution in [1.29, 1.82) is 0 Å². The molecule has 0 aromatic carbocycles. The Hall–Kier alpha value is -1.08. The molecule has 0 spiro atoms. The van der Waals surface area contributed by atoms with Gasteiger partial charge in [-0.3, -0.25) is 0 Å². The van der Waals surface area contributed by atoms with Gasteiger partial charge in [-0.05, 0) is 38.6 Å². The second-order valence-electron chi connectivity index (χ2n) is 6.45. The number of carbonyl (C=O) groups excluding carboxylic acids is 1. The van der Waals surface area contributed by atoms with Crippen molar-refractivity contribution in [3.8, 4) is 0 Å². The minimum Gasteiger partial charge on any atom is -0.335 e. The number of rotatable bonds is 3. The van der Waals surface area contributed by atoms with Crippen molar-refractivity contribution in [3.63, 3.8) is 0 Å². The van der Waals surface area contributed by atoms with Gasteiger partial charge in [0.2, 0.25) is 0 Å². The summed E-state index contributed by atoms with van der Waals surface area (Å²) in [6.45, 7) is 6.19. The van der Waals surface area contributed by atoms with E-state index in [0.29, 0.717) is 13.0 Å². The average molecular weight is 345 g/mol. The molecule has 0 saturated carbocycles. The molecule has 1 fully saturated rings. The lowest BCUT2D eigenvalue weighted by Crippen LogP contribution is -2.45. The van der Waals surface area contributed by atoms with Gasteiger partial charge in [0.15, 0.2) is 9.84 Å². The molecule has 22 heavy (non-hydrogen) atoms. The largest absolute Gasteiger partial charge is 0.335 e. The van der Waals surface area contributed by atoms with Crippen molar-refractivity contribution in [3.05, 3.63) is 22.4 Å². The van der Waals surface area contributed by atoms with Gasteiger partial charge >= 0.3 is 6.03 Å². The summed E-state index contributed by atoms with van der Waals surface area (Å²) in [5, 5.41) is 4.99. The quantitative estimate of drug-likeness (QED) is 0.915. The van der Waals surface area contributed by atoms with Gasteiger partial charge < -0.3 is 10.2 Å². The van der Waals surface area contributed by atoms with Gasteiger partial charge in [0.05, 0.1) is 10.5 Å². The van der Waals surface area contributed by atoms with Crippen molar-refractivity contribution >= 4 is 27.2 Å². The van der Waals surface area contributed by atoms with Crippen LogP contribution >= 0.6 is 11.3 Å². The third kappa shape index (κ3) is 4.01. The molecule has 1 saturated heterocycles. The Morgan fingerprint density at radius 1 is 1.45 bits per heavy atom. The first-order chi connectivity index (χ1) is 10.2. The molecule has 0 unspecified atom stereocenters. The number of amides is 2. The summed E-state index contributed by atoms with van der Waals surface area (Å²) >= 11 is 1.67. The number of hydrogen-bond donors (Lipinski definition) is 1. The van der Waals surface area contributed by atoms with Crippen LogP contribution in [0, 0.1) is 0 Å². The van der Waals surface area contributed by atoms with Crippen molar-refractivity contribution in [2.45, 2.75) is 44.4 Å². The Labute approximate surface area is 136 Å². The number of sulfone groups is 1. The van der Waals surface area contributed by atoms with Crippen LogP contribution in [-0.2, 0) is 16.3 Å². The number of nitrogens with one attached hydrogen (secondary N) is 1. The lowest BCUT2D eigenvalue weighted by atomic mass is 10.1. The fraction of sp³-hybridized carbons (Fsp3) is 0.667. The van der Waals surface area contributed by atoms with E-state index in [1.165, 1.54) is 4.88 Å². The Bertz CT molecular complexity index is 609. The highest BCUT2D eigenvalue weighted by Crippen LogP contribution is 2.25. The minimum absolute atomic E-state index is 0.0269. The number of nitrogens with zero attached hydrogens (tertiary/aromatic N) is 1. The maximum atomic E-state index is 12.3. The Balaban J connectivity index is 1.93. The van der Waals surface area contributed by atoms with Crippen LogP contribution < -0.4 is 5.32 Å². The highest BCUT2D eigenvalue weighted by molar-refractivity contribution is 7.92. The standard InChI is InChI=1S/C15H24N2O3S2/c1-12(11-13-5-4-9-21-13)16-14(18)17-7-6-15(2,3)22(19,20)10-8-17/h4-5,9,12H,6-8,10-11H2,1-3H3,(H,16,18)/t12-/m1/s1.